The van der Waals surface area contributed by atoms with Crippen molar-refractivity contribution in [2.75, 3.05) is 12.4 Å². The van der Waals surface area contributed by atoms with E-state index in [-0.39, 0.29) is 5.91 Å². The van der Waals surface area contributed by atoms with E-state index in [4.69, 9.17) is 16.3 Å². The van der Waals surface area contributed by atoms with E-state index in [2.05, 4.69) is 19.8 Å². The molecule has 0 aliphatic heterocycles. The molecule has 0 atom stereocenters. The van der Waals surface area contributed by atoms with E-state index in [0.717, 1.165) is 22.8 Å². The minimum atomic E-state index is -0.340. The maximum Gasteiger partial charge on any atom is 0.262 e. The minimum Gasteiger partial charge on any atom is -0.497 e. The molecule has 0 bridgehead atoms. The van der Waals surface area contributed by atoms with Gasteiger partial charge in [0, 0.05) is 24.1 Å². The zero-order valence-corrected chi connectivity index (χ0v) is 15.5. The first kappa shape index (κ1) is 17.4. The summed E-state index contributed by atoms with van der Waals surface area (Å²) in [5.41, 5.74) is 1.85. The topological polar surface area (TPSA) is 81.9 Å². The predicted octanol–water partition coefficient (Wildman–Crippen LogP) is 3.42. The van der Waals surface area contributed by atoms with Crippen molar-refractivity contribution in [2.45, 2.75) is 13.3 Å². The van der Waals surface area contributed by atoms with Crippen LogP contribution < -0.4 is 10.1 Å². The Bertz CT molecular complexity index is 904. The molecule has 1 aromatic carbocycles. The van der Waals surface area contributed by atoms with Crippen molar-refractivity contribution in [1.29, 1.82) is 0 Å². The van der Waals surface area contributed by atoms with Crippen LogP contribution in [0.4, 0.5) is 5.13 Å². The summed E-state index contributed by atoms with van der Waals surface area (Å²) < 4.78 is 10.9. The Morgan fingerprint density at radius 2 is 2.08 bits per heavy atom. The molecule has 3 rings (SSSR count). The molecule has 0 aliphatic rings. The quantitative estimate of drug-likeness (QED) is 0.736. The molecular formula is C16H16ClN5O2S. The van der Waals surface area contributed by atoms with Crippen LogP contribution in [0, 0.1) is 0 Å². The van der Waals surface area contributed by atoms with Crippen molar-refractivity contribution in [3.8, 4) is 17.1 Å². The van der Waals surface area contributed by atoms with Crippen LogP contribution in [0.25, 0.3) is 11.4 Å². The van der Waals surface area contributed by atoms with Gasteiger partial charge in [0.1, 0.15) is 10.9 Å². The van der Waals surface area contributed by atoms with Crippen LogP contribution in [-0.2, 0) is 13.5 Å². The normalized spacial score (nSPS) is 10.7. The highest BCUT2D eigenvalue weighted by Gasteiger charge is 2.21. The van der Waals surface area contributed by atoms with E-state index < -0.39 is 0 Å². The molecule has 1 amide bonds. The standard InChI is InChI=1S/C16H16ClN5O2S/c1-4-11-12(13(17)22(2)20-11)15(23)19-16-18-14(21-25-16)9-5-7-10(24-3)8-6-9/h5-8H,4H2,1-3H3,(H,18,19,21,23). The molecule has 0 fully saturated rings. The molecular weight excluding hydrogens is 362 g/mol. The number of aromatic nitrogens is 4. The number of halogens is 1. The maximum absolute atomic E-state index is 12.5. The first-order chi connectivity index (χ1) is 12.0. The number of hydrogen-bond donors (Lipinski definition) is 1. The van der Waals surface area contributed by atoms with Crippen LogP contribution in [0.15, 0.2) is 24.3 Å². The number of nitrogens with one attached hydrogen (secondary N) is 1. The number of carbonyl (C=O) groups is 1. The van der Waals surface area contributed by atoms with Crippen molar-refractivity contribution in [3.05, 3.63) is 40.7 Å². The molecule has 0 radical (unpaired) electrons. The van der Waals surface area contributed by atoms with E-state index >= 15 is 0 Å². The van der Waals surface area contributed by atoms with Gasteiger partial charge in [-0.2, -0.15) is 14.5 Å². The molecule has 9 heteroatoms. The third kappa shape index (κ3) is 3.49. The van der Waals surface area contributed by atoms with Gasteiger partial charge in [-0.15, -0.1) is 0 Å². The van der Waals surface area contributed by atoms with Crippen molar-refractivity contribution in [2.24, 2.45) is 7.05 Å². The van der Waals surface area contributed by atoms with Crippen molar-refractivity contribution >= 4 is 34.2 Å². The van der Waals surface area contributed by atoms with E-state index in [9.17, 15) is 4.79 Å². The lowest BCUT2D eigenvalue weighted by Crippen LogP contribution is -2.13. The minimum absolute atomic E-state index is 0.300. The first-order valence-electron chi connectivity index (χ1n) is 7.54. The Hall–Kier alpha value is -2.45. The average Bonchev–Trinajstić information content (AvgIpc) is 3.20. The summed E-state index contributed by atoms with van der Waals surface area (Å²) in [4.78, 5) is 16.9. The Morgan fingerprint density at radius 1 is 1.36 bits per heavy atom. The van der Waals surface area contributed by atoms with Crippen LogP contribution in [0.1, 0.15) is 23.0 Å². The maximum atomic E-state index is 12.5. The third-order valence-electron chi connectivity index (χ3n) is 3.61. The molecule has 2 heterocycles. The highest BCUT2D eigenvalue weighted by Crippen LogP contribution is 2.25. The molecule has 25 heavy (non-hydrogen) atoms. The fourth-order valence-electron chi connectivity index (χ4n) is 2.32. The number of anilines is 1. The lowest BCUT2D eigenvalue weighted by Gasteiger charge is -2.01. The monoisotopic (exact) mass is 377 g/mol. The van der Waals surface area contributed by atoms with Gasteiger partial charge in [-0.25, -0.2) is 0 Å². The number of nitrogens with zero attached hydrogens (tertiary/aromatic N) is 4. The fourth-order valence-corrected chi connectivity index (χ4v) is 3.14. The summed E-state index contributed by atoms with van der Waals surface area (Å²) in [5.74, 6) is 0.953. The van der Waals surface area contributed by atoms with Gasteiger partial charge in [-0.1, -0.05) is 18.5 Å². The van der Waals surface area contributed by atoms with Crippen molar-refractivity contribution in [3.63, 3.8) is 0 Å². The highest BCUT2D eigenvalue weighted by molar-refractivity contribution is 7.10. The molecule has 0 saturated heterocycles. The van der Waals surface area contributed by atoms with Crippen LogP contribution in [0.5, 0.6) is 5.75 Å². The molecule has 1 N–H and O–H groups in total. The van der Waals surface area contributed by atoms with Crippen molar-refractivity contribution in [1.82, 2.24) is 19.1 Å². The van der Waals surface area contributed by atoms with Gasteiger partial charge in [0.15, 0.2) is 5.82 Å². The number of amides is 1. The summed E-state index contributed by atoms with van der Waals surface area (Å²) in [6, 6.07) is 7.38. The number of methoxy groups -OCH3 is 1. The van der Waals surface area contributed by atoms with Gasteiger partial charge in [0.25, 0.3) is 5.91 Å². The van der Waals surface area contributed by atoms with Gasteiger partial charge in [0.05, 0.1) is 18.4 Å². The molecule has 7 nitrogen and oxygen atoms in total. The largest absolute Gasteiger partial charge is 0.497 e. The van der Waals surface area contributed by atoms with E-state index in [1.807, 2.05) is 31.2 Å². The number of aryl methyl sites for hydroxylation is 2. The molecule has 3 aromatic rings. The summed E-state index contributed by atoms with van der Waals surface area (Å²) in [7, 11) is 3.31. The van der Waals surface area contributed by atoms with Crippen LogP contribution in [0.3, 0.4) is 0 Å². The van der Waals surface area contributed by atoms with E-state index in [0.29, 0.717) is 33.8 Å². The lowest BCUT2D eigenvalue weighted by molar-refractivity contribution is 0.102. The highest BCUT2D eigenvalue weighted by atomic mass is 35.5. The fraction of sp³-hybridized carbons (Fsp3) is 0.250. The second-order valence-electron chi connectivity index (χ2n) is 5.20. The second-order valence-corrected chi connectivity index (χ2v) is 6.31. The Kier molecular flexibility index (Phi) is 5.00. The van der Waals surface area contributed by atoms with E-state index in [1.54, 1.807) is 14.2 Å². The average molecular weight is 378 g/mol. The summed E-state index contributed by atoms with van der Waals surface area (Å²) in [6.07, 6.45) is 0.608. The zero-order chi connectivity index (χ0) is 18.0. The Balaban J connectivity index is 1.80. The number of ether oxygens (including phenoxy) is 1. The molecule has 2 aromatic heterocycles. The molecule has 0 aliphatic carbocycles. The lowest BCUT2D eigenvalue weighted by atomic mass is 10.2. The smallest absolute Gasteiger partial charge is 0.262 e. The SMILES string of the molecule is CCc1nn(C)c(Cl)c1C(=O)Nc1nc(-c2ccc(OC)cc2)ns1. The number of rotatable bonds is 5. The predicted molar refractivity (Wildman–Crippen MR) is 97.4 cm³/mol. The first-order valence-corrected chi connectivity index (χ1v) is 8.69. The summed E-state index contributed by atoms with van der Waals surface area (Å²) in [5, 5.41) is 7.68. The Morgan fingerprint density at radius 3 is 2.72 bits per heavy atom. The number of benzene rings is 1. The molecule has 0 spiro atoms. The number of hydrogen-bond acceptors (Lipinski definition) is 6. The summed E-state index contributed by atoms with van der Waals surface area (Å²) >= 11 is 7.29. The van der Waals surface area contributed by atoms with Crippen LogP contribution >= 0.6 is 23.1 Å². The zero-order valence-electron chi connectivity index (χ0n) is 13.9. The molecule has 0 unspecified atom stereocenters. The van der Waals surface area contributed by atoms with Gasteiger partial charge >= 0.3 is 0 Å². The van der Waals surface area contributed by atoms with Crippen LogP contribution in [-0.4, -0.2) is 32.2 Å². The molecule has 130 valence electrons. The van der Waals surface area contributed by atoms with Gasteiger partial charge in [0.2, 0.25) is 5.13 Å². The Labute approximate surface area is 153 Å². The third-order valence-corrected chi connectivity index (χ3v) is 4.67. The van der Waals surface area contributed by atoms with Crippen LogP contribution in [0.2, 0.25) is 5.15 Å². The summed E-state index contributed by atoms with van der Waals surface area (Å²) in [6.45, 7) is 1.92. The van der Waals surface area contributed by atoms with Gasteiger partial charge in [-0.3, -0.25) is 14.8 Å². The second kappa shape index (κ2) is 7.20. The number of carbonyl (C=O) groups excluding carboxylic acids is 1. The van der Waals surface area contributed by atoms with Crippen molar-refractivity contribution < 1.29 is 9.53 Å². The molecule has 0 saturated carbocycles. The van der Waals surface area contributed by atoms with Gasteiger partial charge in [-0.05, 0) is 30.7 Å². The van der Waals surface area contributed by atoms with Gasteiger partial charge < -0.3 is 4.74 Å². The van der Waals surface area contributed by atoms with E-state index in [1.165, 1.54) is 4.68 Å².